The molecule has 2 aromatic carbocycles. The van der Waals surface area contributed by atoms with Crippen LogP contribution in [0.4, 0.5) is 5.13 Å². The summed E-state index contributed by atoms with van der Waals surface area (Å²) in [6.45, 7) is 0.475. The lowest BCUT2D eigenvalue weighted by Crippen LogP contribution is -2.43. The number of thiazole rings is 1. The van der Waals surface area contributed by atoms with Crippen LogP contribution >= 0.6 is 11.3 Å². The van der Waals surface area contributed by atoms with Crippen LogP contribution in [0.5, 0.6) is 0 Å². The average molecular weight is 480 g/mol. The number of amides is 1. The van der Waals surface area contributed by atoms with Gasteiger partial charge in [0.1, 0.15) is 0 Å². The minimum absolute atomic E-state index is 0.103. The molecule has 31 heavy (non-hydrogen) atoms. The Balaban J connectivity index is 1.50. The first-order chi connectivity index (χ1) is 14.6. The summed E-state index contributed by atoms with van der Waals surface area (Å²) in [7, 11) is -7.00. The third kappa shape index (κ3) is 4.64. The molecule has 8 nitrogen and oxygen atoms in total. The number of sulfonamides is 1. The minimum atomic E-state index is -3.66. The Labute approximate surface area is 184 Å². The van der Waals surface area contributed by atoms with Crippen molar-refractivity contribution in [2.24, 2.45) is 5.92 Å². The molecule has 1 aliphatic heterocycles. The zero-order valence-corrected chi connectivity index (χ0v) is 19.1. The van der Waals surface area contributed by atoms with Gasteiger partial charge in [-0.25, -0.2) is 21.8 Å². The highest BCUT2D eigenvalue weighted by Gasteiger charge is 2.33. The smallest absolute Gasteiger partial charge is 0.243 e. The normalized spacial score (nSPS) is 18.2. The fourth-order valence-corrected chi connectivity index (χ4v) is 6.69. The van der Waals surface area contributed by atoms with E-state index >= 15 is 0 Å². The van der Waals surface area contributed by atoms with Crippen molar-refractivity contribution in [2.75, 3.05) is 24.7 Å². The molecule has 1 N–H and O–H groups in total. The van der Waals surface area contributed by atoms with Crippen molar-refractivity contribution in [3.05, 3.63) is 48.5 Å². The van der Waals surface area contributed by atoms with Gasteiger partial charge in [0.15, 0.2) is 15.0 Å². The molecular weight excluding hydrogens is 458 g/mol. The predicted octanol–water partition coefficient (Wildman–Crippen LogP) is 2.74. The lowest BCUT2D eigenvalue weighted by molar-refractivity contribution is -0.120. The Hall–Kier alpha value is -2.34. The van der Waals surface area contributed by atoms with Gasteiger partial charge in [0, 0.05) is 19.3 Å². The Morgan fingerprint density at radius 3 is 2.55 bits per heavy atom. The molecular formula is C20H21N3O5S3. The summed E-state index contributed by atoms with van der Waals surface area (Å²) >= 11 is 1.18. The maximum atomic E-state index is 12.9. The number of fused-ring (bicyclic) bond motifs is 1. The van der Waals surface area contributed by atoms with Crippen molar-refractivity contribution in [1.82, 2.24) is 9.29 Å². The van der Waals surface area contributed by atoms with Crippen LogP contribution in [0.1, 0.15) is 12.8 Å². The second-order valence-corrected chi connectivity index (χ2v) is 12.4. The number of hydrogen-bond donors (Lipinski definition) is 1. The van der Waals surface area contributed by atoms with Crippen molar-refractivity contribution in [2.45, 2.75) is 22.6 Å². The average Bonchev–Trinajstić information content (AvgIpc) is 3.15. The molecule has 1 amide bonds. The zero-order chi connectivity index (χ0) is 22.2. The molecule has 0 saturated carbocycles. The van der Waals surface area contributed by atoms with Gasteiger partial charge < -0.3 is 5.32 Å². The van der Waals surface area contributed by atoms with Crippen molar-refractivity contribution >= 4 is 52.5 Å². The summed E-state index contributed by atoms with van der Waals surface area (Å²) in [5, 5.41) is 3.12. The molecule has 0 aliphatic carbocycles. The number of anilines is 1. The molecule has 1 aromatic heterocycles. The van der Waals surface area contributed by atoms with Gasteiger partial charge in [0.2, 0.25) is 15.9 Å². The van der Waals surface area contributed by atoms with E-state index in [1.807, 2.05) is 0 Å². The molecule has 1 atom stereocenters. The molecule has 2 heterocycles. The fourth-order valence-electron chi connectivity index (χ4n) is 3.51. The van der Waals surface area contributed by atoms with E-state index < -0.39 is 25.8 Å². The monoisotopic (exact) mass is 479 g/mol. The maximum absolute atomic E-state index is 12.9. The molecule has 1 unspecified atom stereocenters. The van der Waals surface area contributed by atoms with Crippen LogP contribution in [-0.4, -0.2) is 51.4 Å². The largest absolute Gasteiger partial charge is 0.302 e. The van der Waals surface area contributed by atoms with Crippen LogP contribution in [0.3, 0.4) is 0 Å². The SMILES string of the molecule is CS(=O)(=O)c1ccc2nc(NC(=O)C3CCCN(S(=O)(=O)c4ccccc4)C3)sc2c1. The zero-order valence-electron chi connectivity index (χ0n) is 16.7. The first-order valence-corrected chi connectivity index (χ1v) is 13.8. The molecule has 4 rings (SSSR count). The van der Waals surface area contributed by atoms with E-state index in [9.17, 15) is 21.6 Å². The number of benzene rings is 2. The van der Waals surface area contributed by atoms with Gasteiger partial charge in [0.05, 0.1) is 25.9 Å². The summed E-state index contributed by atoms with van der Waals surface area (Å²) in [5.74, 6) is -0.791. The second-order valence-electron chi connectivity index (χ2n) is 7.43. The van der Waals surface area contributed by atoms with Crippen molar-refractivity contribution < 1.29 is 21.6 Å². The van der Waals surface area contributed by atoms with Gasteiger partial charge in [-0.1, -0.05) is 29.5 Å². The lowest BCUT2D eigenvalue weighted by Gasteiger charge is -2.31. The number of carbonyl (C=O) groups is 1. The van der Waals surface area contributed by atoms with Crippen molar-refractivity contribution in [3.63, 3.8) is 0 Å². The van der Waals surface area contributed by atoms with E-state index in [4.69, 9.17) is 0 Å². The van der Waals surface area contributed by atoms with E-state index in [2.05, 4.69) is 10.3 Å². The number of piperidine rings is 1. The van der Waals surface area contributed by atoms with Crippen LogP contribution < -0.4 is 5.32 Å². The van der Waals surface area contributed by atoms with E-state index in [1.165, 1.54) is 27.8 Å². The molecule has 1 saturated heterocycles. The first kappa shape index (κ1) is 21.9. The highest BCUT2D eigenvalue weighted by molar-refractivity contribution is 7.90. The molecule has 0 bridgehead atoms. The highest BCUT2D eigenvalue weighted by Crippen LogP contribution is 2.30. The molecule has 0 spiro atoms. The van der Waals surface area contributed by atoms with Crippen LogP contribution in [0, 0.1) is 5.92 Å². The summed E-state index contributed by atoms with van der Waals surface area (Å²) in [4.78, 5) is 17.6. The maximum Gasteiger partial charge on any atom is 0.243 e. The highest BCUT2D eigenvalue weighted by atomic mass is 32.2. The van der Waals surface area contributed by atoms with Gasteiger partial charge in [-0.3, -0.25) is 4.79 Å². The molecule has 164 valence electrons. The number of sulfone groups is 1. The molecule has 11 heteroatoms. The van der Waals surface area contributed by atoms with Crippen LogP contribution in [0.25, 0.3) is 10.2 Å². The van der Waals surface area contributed by atoms with Gasteiger partial charge in [-0.05, 0) is 43.2 Å². The quantitative estimate of drug-likeness (QED) is 0.602. The molecule has 1 fully saturated rings. The number of rotatable bonds is 5. The number of nitrogens with one attached hydrogen (secondary N) is 1. The number of nitrogens with zero attached hydrogens (tertiary/aromatic N) is 2. The van der Waals surface area contributed by atoms with Gasteiger partial charge >= 0.3 is 0 Å². The summed E-state index contributed by atoms with van der Waals surface area (Å²) < 4.78 is 51.2. The molecule has 0 radical (unpaired) electrons. The molecule has 3 aromatic rings. The Morgan fingerprint density at radius 1 is 1.10 bits per heavy atom. The predicted molar refractivity (Wildman–Crippen MR) is 119 cm³/mol. The summed E-state index contributed by atoms with van der Waals surface area (Å²) in [6.07, 6.45) is 2.30. The van der Waals surface area contributed by atoms with Gasteiger partial charge in [-0.2, -0.15) is 4.31 Å². The third-order valence-corrected chi connectivity index (χ3v) is 9.08. The first-order valence-electron chi connectivity index (χ1n) is 9.61. The van der Waals surface area contributed by atoms with Crippen LogP contribution in [-0.2, 0) is 24.7 Å². The van der Waals surface area contributed by atoms with E-state index in [0.29, 0.717) is 34.7 Å². The minimum Gasteiger partial charge on any atom is -0.302 e. The Bertz CT molecular complexity index is 1330. The Kier molecular flexibility index (Phi) is 5.86. The van der Waals surface area contributed by atoms with Crippen molar-refractivity contribution in [3.8, 4) is 0 Å². The third-order valence-electron chi connectivity index (χ3n) is 5.15. The second kappa shape index (κ2) is 8.30. The van der Waals surface area contributed by atoms with Gasteiger partial charge in [-0.15, -0.1) is 0 Å². The number of carbonyl (C=O) groups excluding carboxylic acids is 1. The molecule has 1 aliphatic rings. The summed E-state index contributed by atoms with van der Waals surface area (Å²) in [5.41, 5.74) is 0.588. The van der Waals surface area contributed by atoms with Crippen molar-refractivity contribution in [1.29, 1.82) is 0 Å². The summed E-state index contributed by atoms with van der Waals surface area (Å²) in [6, 6.07) is 12.8. The topological polar surface area (TPSA) is 114 Å². The van der Waals surface area contributed by atoms with Crippen LogP contribution in [0.15, 0.2) is 58.3 Å². The standard InChI is InChI=1S/C20H21N3O5S3/c1-30(25,26)16-9-10-17-18(12-16)29-20(21-17)22-19(24)14-6-5-11-23(13-14)31(27,28)15-7-3-2-4-8-15/h2-4,7-10,12,14H,5-6,11,13H2,1H3,(H,21,22,24). The van der Waals surface area contributed by atoms with E-state index in [-0.39, 0.29) is 22.2 Å². The van der Waals surface area contributed by atoms with Gasteiger partial charge in [0.25, 0.3) is 0 Å². The number of aromatic nitrogens is 1. The number of hydrogen-bond acceptors (Lipinski definition) is 7. The van der Waals surface area contributed by atoms with Crippen LogP contribution in [0.2, 0.25) is 0 Å². The fraction of sp³-hybridized carbons (Fsp3) is 0.300. The van der Waals surface area contributed by atoms with E-state index in [1.54, 1.807) is 36.4 Å². The lowest BCUT2D eigenvalue weighted by atomic mass is 9.99. The Morgan fingerprint density at radius 2 is 1.84 bits per heavy atom. The van der Waals surface area contributed by atoms with E-state index in [0.717, 1.165) is 6.26 Å².